The summed E-state index contributed by atoms with van der Waals surface area (Å²) in [6, 6.07) is 6.09. The van der Waals surface area contributed by atoms with E-state index in [0.29, 0.717) is 37.2 Å². The van der Waals surface area contributed by atoms with Gasteiger partial charge >= 0.3 is 0 Å². The molecule has 1 aromatic carbocycles. The van der Waals surface area contributed by atoms with Crippen LogP contribution in [0.25, 0.3) is 6.08 Å². The summed E-state index contributed by atoms with van der Waals surface area (Å²) in [5, 5.41) is 10.1. The third kappa shape index (κ3) is 3.90. The van der Waals surface area contributed by atoms with Gasteiger partial charge in [0.2, 0.25) is 0 Å². The molecular formula is C22H28ClN3O2. The van der Waals surface area contributed by atoms with Crippen molar-refractivity contribution in [3.63, 3.8) is 0 Å². The van der Waals surface area contributed by atoms with Crippen LogP contribution in [0.1, 0.15) is 51.2 Å². The Bertz CT molecular complexity index is 835. The van der Waals surface area contributed by atoms with E-state index in [2.05, 4.69) is 38.7 Å². The maximum absolute atomic E-state index is 12.7. The summed E-state index contributed by atoms with van der Waals surface area (Å²) >= 11 is 6.59. The van der Waals surface area contributed by atoms with Crippen molar-refractivity contribution in [3.8, 4) is 6.07 Å². The highest BCUT2D eigenvalue weighted by Crippen LogP contribution is 2.45. The number of nitrogens with zero attached hydrogens (tertiary/aromatic N) is 3. The van der Waals surface area contributed by atoms with Gasteiger partial charge in [-0.25, -0.2) is 0 Å². The molecule has 1 atom stereocenters. The fourth-order valence-electron chi connectivity index (χ4n) is 4.46. The molecule has 1 saturated heterocycles. The van der Waals surface area contributed by atoms with Crippen molar-refractivity contribution in [1.82, 2.24) is 4.90 Å². The van der Waals surface area contributed by atoms with Gasteiger partial charge < -0.3 is 14.5 Å². The number of carbonyl (C=O) groups excluding carboxylic acids is 1. The van der Waals surface area contributed by atoms with E-state index in [1.165, 1.54) is 5.56 Å². The molecule has 0 N–H and O–H groups in total. The molecule has 0 aliphatic carbocycles. The van der Waals surface area contributed by atoms with Gasteiger partial charge in [-0.05, 0) is 62.4 Å². The van der Waals surface area contributed by atoms with Crippen LogP contribution in [0.2, 0.25) is 5.02 Å². The minimum Gasteiger partial charge on any atom is -0.378 e. The molecular weight excluding hydrogens is 374 g/mol. The fraction of sp³-hybridized carbons (Fsp3) is 0.545. The van der Waals surface area contributed by atoms with Crippen molar-refractivity contribution in [2.75, 3.05) is 37.7 Å². The number of nitriles is 1. The van der Waals surface area contributed by atoms with E-state index in [1.807, 2.05) is 12.1 Å². The molecule has 3 rings (SSSR count). The number of carbonyl (C=O) groups is 1. The molecule has 0 bridgehead atoms. The number of hydrogen-bond acceptors (Lipinski definition) is 4. The first-order valence-electron chi connectivity index (χ1n) is 9.88. The smallest absolute Gasteiger partial charge is 0.264 e. The minimum atomic E-state index is -0.260. The zero-order valence-corrected chi connectivity index (χ0v) is 17.8. The lowest BCUT2D eigenvalue weighted by atomic mass is 9.79. The lowest BCUT2D eigenvalue weighted by Gasteiger charge is -2.47. The molecule has 6 heteroatoms. The zero-order valence-electron chi connectivity index (χ0n) is 17.1. The van der Waals surface area contributed by atoms with Crippen LogP contribution in [0.4, 0.5) is 5.69 Å². The lowest BCUT2D eigenvalue weighted by Crippen LogP contribution is -2.48. The van der Waals surface area contributed by atoms with Crippen molar-refractivity contribution in [3.05, 3.63) is 33.9 Å². The lowest BCUT2D eigenvalue weighted by molar-refractivity contribution is -0.130. The highest BCUT2D eigenvalue weighted by molar-refractivity contribution is 6.32. The molecule has 5 nitrogen and oxygen atoms in total. The molecule has 0 saturated carbocycles. The normalized spacial score (nSPS) is 21.9. The van der Waals surface area contributed by atoms with Crippen LogP contribution in [0, 0.1) is 11.3 Å². The van der Waals surface area contributed by atoms with E-state index in [4.69, 9.17) is 16.3 Å². The molecule has 28 heavy (non-hydrogen) atoms. The highest BCUT2D eigenvalue weighted by atomic mass is 35.5. The Morgan fingerprint density at radius 2 is 2.07 bits per heavy atom. The Morgan fingerprint density at radius 1 is 1.39 bits per heavy atom. The maximum atomic E-state index is 12.7. The highest BCUT2D eigenvalue weighted by Gasteiger charge is 2.36. The van der Waals surface area contributed by atoms with Crippen LogP contribution in [0.5, 0.6) is 0 Å². The Kier molecular flexibility index (Phi) is 6.02. The Balaban J connectivity index is 1.99. The fourth-order valence-corrected chi connectivity index (χ4v) is 4.68. The van der Waals surface area contributed by atoms with E-state index < -0.39 is 0 Å². The van der Waals surface area contributed by atoms with E-state index in [0.717, 1.165) is 24.2 Å². The average Bonchev–Trinajstić information content (AvgIpc) is 2.66. The Morgan fingerprint density at radius 3 is 2.68 bits per heavy atom. The van der Waals surface area contributed by atoms with Gasteiger partial charge in [0, 0.05) is 35.9 Å². The van der Waals surface area contributed by atoms with Gasteiger partial charge in [-0.2, -0.15) is 5.26 Å². The van der Waals surface area contributed by atoms with E-state index in [1.54, 1.807) is 11.0 Å². The first-order valence-corrected chi connectivity index (χ1v) is 10.3. The van der Waals surface area contributed by atoms with Gasteiger partial charge in [0.15, 0.2) is 0 Å². The Hall–Kier alpha value is -2.03. The standard InChI is InChI=1S/C22H28ClN3O2/c1-5-26-20-12-19(23)16(11-18(20)15(2)13-22(26,3)4)10-17(14-24)21(27)25-6-8-28-9-7-25/h10-12,15H,5-9,13H2,1-4H3/b17-10+. The third-order valence-electron chi connectivity index (χ3n) is 5.77. The van der Waals surface area contributed by atoms with Crippen molar-refractivity contribution in [1.29, 1.82) is 5.26 Å². The SMILES string of the molecule is CCN1c2cc(Cl)c(/C=C(\C#N)C(=O)N3CCOCC3)cc2C(C)CC1(C)C. The number of hydrogen-bond donors (Lipinski definition) is 0. The van der Waals surface area contributed by atoms with Gasteiger partial charge in [0.1, 0.15) is 11.6 Å². The number of ether oxygens (including phenoxy) is 1. The number of anilines is 1. The van der Waals surface area contributed by atoms with Crippen LogP contribution >= 0.6 is 11.6 Å². The second-order valence-corrected chi connectivity index (χ2v) is 8.58. The molecule has 1 amide bonds. The average molecular weight is 402 g/mol. The predicted molar refractivity (Wildman–Crippen MR) is 113 cm³/mol. The van der Waals surface area contributed by atoms with E-state index >= 15 is 0 Å². The van der Waals surface area contributed by atoms with Crippen LogP contribution < -0.4 is 4.90 Å². The topological polar surface area (TPSA) is 56.6 Å². The third-order valence-corrected chi connectivity index (χ3v) is 6.10. The largest absolute Gasteiger partial charge is 0.378 e. The Labute approximate surface area is 172 Å². The van der Waals surface area contributed by atoms with E-state index in [-0.39, 0.29) is 17.0 Å². The van der Waals surface area contributed by atoms with Gasteiger partial charge in [0.25, 0.3) is 5.91 Å². The monoisotopic (exact) mass is 401 g/mol. The summed E-state index contributed by atoms with van der Waals surface area (Å²) < 4.78 is 5.29. The summed E-state index contributed by atoms with van der Waals surface area (Å²) in [6.45, 7) is 11.8. The number of benzene rings is 1. The van der Waals surface area contributed by atoms with Crippen LogP contribution in [0.3, 0.4) is 0 Å². The number of amides is 1. The summed E-state index contributed by atoms with van der Waals surface area (Å²) in [5.41, 5.74) is 3.26. The van der Waals surface area contributed by atoms with E-state index in [9.17, 15) is 10.1 Å². The quantitative estimate of drug-likeness (QED) is 0.562. The molecule has 0 spiro atoms. The van der Waals surface area contributed by atoms with Crippen molar-refractivity contribution < 1.29 is 9.53 Å². The minimum absolute atomic E-state index is 0.0615. The molecule has 2 heterocycles. The number of rotatable bonds is 3. The maximum Gasteiger partial charge on any atom is 0.264 e. The van der Waals surface area contributed by atoms with Gasteiger partial charge in [-0.1, -0.05) is 18.5 Å². The number of halogens is 1. The van der Waals surface area contributed by atoms with Crippen LogP contribution in [-0.2, 0) is 9.53 Å². The van der Waals surface area contributed by atoms with Crippen molar-refractivity contribution in [2.24, 2.45) is 0 Å². The second-order valence-electron chi connectivity index (χ2n) is 8.17. The molecule has 1 fully saturated rings. The molecule has 2 aliphatic heterocycles. The summed E-state index contributed by atoms with van der Waals surface area (Å²) in [4.78, 5) is 16.8. The second kappa shape index (κ2) is 8.14. The molecule has 2 aliphatic rings. The summed E-state index contributed by atoms with van der Waals surface area (Å²) in [7, 11) is 0. The molecule has 0 aromatic heterocycles. The number of morpholine rings is 1. The van der Waals surface area contributed by atoms with Crippen molar-refractivity contribution >= 4 is 29.3 Å². The molecule has 0 radical (unpaired) electrons. The van der Waals surface area contributed by atoms with Crippen molar-refractivity contribution in [2.45, 2.75) is 45.6 Å². The molecule has 1 aromatic rings. The number of fused-ring (bicyclic) bond motifs is 1. The molecule has 150 valence electrons. The first-order chi connectivity index (χ1) is 13.3. The van der Waals surface area contributed by atoms with Crippen LogP contribution in [0.15, 0.2) is 17.7 Å². The predicted octanol–water partition coefficient (Wildman–Crippen LogP) is 4.22. The summed E-state index contributed by atoms with van der Waals surface area (Å²) in [6.07, 6.45) is 2.67. The first kappa shape index (κ1) is 20.7. The van der Waals surface area contributed by atoms with Gasteiger partial charge in [-0.15, -0.1) is 0 Å². The van der Waals surface area contributed by atoms with Gasteiger partial charge in [0.05, 0.1) is 13.2 Å². The zero-order chi connectivity index (χ0) is 20.5. The van der Waals surface area contributed by atoms with Gasteiger partial charge in [-0.3, -0.25) is 4.79 Å². The molecule has 1 unspecified atom stereocenters. The summed E-state index contributed by atoms with van der Waals surface area (Å²) in [5.74, 6) is 0.113. The van der Waals surface area contributed by atoms with Crippen LogP contribution in [-0.4, -0.2) is 49.2 Å².